The number of aromatic nitrogens is 1. The number of carboxylic acid groups (broad SMARTS) is 1. The molecule has 1 unspecified atom stereocenters. The van der Waals surface area contributed by atoms with Crippen LogP contribution in [0.1, 0.15) is 66.4 Å². The minimum absolute atomic E-state index is 0.0131. The summed E-state index contributed by atoms with van der Waals surface area (Å²) in [6.45, 7) is 3.24. The molecule has 1 aliphatic carbocycles. The maximum absolute atomic E-state index is 13.0. The Morgan fingerprint density at radius 2 is 1.87 bits per heavy atom. The zero-order chi connectivity index (χ0) is 28.5. The van der Waals surface area contributed by atoms with E-state index in [1.807, 2.05) is 37.3 Å². The Hall–Kier alpha value is -3.44. The fourth-order valence-corrected chi connectivity index (χ4v) is 5.73. The first kappa shape index (κ1) is 28.6. The molecule has 1 amide bonds. The van der Waals surface area contributed by atoms with Crippen LogP contribution in [0, 0.1) is 12.3 Å². The van der Waals surface area contributed by atoms with Crippen molar-refractivity contribution in [3.8, 4) is 11.3 Å². The molecule has 2 aromatic heterocycles. The van der Waals surface area contributed by atoms with Crippen molar-refractivity contribution >= 4 is 38.8 Å². The molecule has 39 heavy (non-hydrogen) atoms. The van der Waals surface area contributed by atoms with Gasteiger partial charge in [-0.15, -0.1) is 0 Å². The molecule has 2 heterocycles. The Balaban J connectivity index is 1.82. The quantitative estimate of drug-likeness (QED) is 0.302. The Morgan fingerprint density at radius 3 is 2.41 bits per heavy atom. The highest BCUT2D eigenvalue weighted by Gasteiger charge is 2.36. The van der Waals surface area contributed by atoms with Gasteiger partial charge in [0.25, 0.3) is 5.91 Å². The van der Waals surface area contributed by atoms with Gasteiger partial charge in [0.1, 0.15) is 11.6 Å². The molecule has 0 aliphatic heterocycles. The second-order valence-electron chi connectivity index (χ2n) is 10.6. The van der Waals surface area contributed by atoms with Crippen LogP contribution in [-0.4, -0.2) is 61.9 Å². The van der Waals surface area contributed by atoms with E-state index in [0.717, 1.165) is 24.7 Å². The molecular formula is C28H35N3O7S. The van der Waals surface area contributed by atoms with Crippen molar-refractivity contribution in [3.05, 3.63) is 47.0 Å². The van der Waals surface area contributed by atoms with E-state index in [1.165, 1.54) is 11.4 Å². The van der Waals surface area contributed by atoms with Crippen molar-refractivity contribution in [3.63, 3.8) is 0 Å². The molecule has 10 nitrogen and oxygen atoms in total. The number of carbonyl (C=O) groups is 2. The summed E-state index contributed by atoms with van der Waals surface area (Å²) >= 11 is 0. The van der Waals surface area contributed by atoms with Gasteiger partial charge in [-0.2, -0.15) is 4.98 Å². The highest BCUT2D eigenvalue weighted by Crippen LogP contribution is 2.47. The summed E-state index contributed by atoms with van der Waals surface area (Å²) in [5.41, 5.74) is 1.77. The lowest BCUT2D eigenvalue weighted by molar-refractivity contribution is -0.149. The number of aliphatic carboxylic acids is 1. The maximum atomic E-state index is 13.0. The SMILES string of the molecule is CNC(=O)c1c(-c2ccc(C)cc2)oc2nc(N(CCCC(C)(CCO)C(=O)O)S(C)(=O)=O)c(C3CC3)cc12. The average Bonchev–Trinajstić information content (AvgIpc) is 3.65. The third kappa shape index (κ3) is 5.94. The van der Waals surface area contributed by atoms with Crippen LogP contribution in [0.2, 0.25) is 0 Å². The van der Waals surface area contributed by atoms with Crippen LogP contribution in [0.25, 0.3) is 22.4 Å². The summed E-state index contributed by atoms with van der Waals surface area (Å²) in [4.78, 5) is 29.5. The molecule has 0 spiro atoms. The van der Waals surface area contributed by atoms with Crippen molar-refractivity contribution < 1.29 is 32.6 Å². The molecule has 11 heteroatoms. The first-order valence-corrected chi connectivity index (χ1v) is 14.8. The van der Waals surface area contributed by atoms with Crippen molar-refractivity contribution in [2.24, 2.45) is 5.41 Å². The molecule has 0 saturated heterocycles. The molecule has 3 N–H and O–H groups in total. The zero-order valence-electron chi connectivity index (χ0n) is 22.7. The smallest absolute Gasteiger partial charge is 0.309 e. The van der Waals surface area contributed by atoms with Gasteiger partial charge >= 0.3 is 5.97 Å². The summed E-state index contributed by atoms with van der Waals surface area (Å²) in [5, 5.41) is 22.2. The molecule has 210 valence electrons. The summed E-state index contributed by atoms with van der Waals surface area (Å²) in [5.74, 6) is -0.698. The Bertz CT molecular complexity index is 1490. The topological polar surface area (TPSA) is 150 Å². The lowest BCUT2D eigenvalue weighted by Gasteiger charge is -2.27. The number of benzene rings is 1. The van der Waals surface area contributed by atoms with Gasteiger partial charge in [0.15, 0.2) is 0 Å². The van der Waals surface area contributed by atoms with Gasteiger partial charge in [0.05, 0.1) is 22.6 Å². The number of pyridine rings is 1. The number of sulfonamides is 1. The fraction of sp³-hybridized carbons (Fsp3) is 0.464. The number of nitrogens with zero attached hydrogens (tertiary/aromatic N) is 2. The zero-order valence-corrected chi connectivity index (χ0v) is 23.5. The Morgan fingerprint density at radius 1 is 1.21 bits per heavy atom. The number of hydrogen-bond donors (Lipinski definition) is 3. The predicted molar refractivity (Wildman–Crippen MR) is 148 cm³/mol. The standard InChI is InChI=1S/C28H35N3O7S/c1-17-6-8-19(9-7-17)23-22(25(33)29-3)21-16-20(18-10-11-18)24(30-26(21)38-23)31(39(4,36)37)14-5-12-28(2,13-15-32)27(34)35/h6-9,16,18,32H,5,10-15H2,1-4H3,(H,29,33)(H,34,35). The maximum Gasteiger partial charge on any atom is 0.309 e. The second-order valence-corrected chi connectivity index (χ2v) is 12.5. The number of rotatable bonds is 12. The molecule has 0 bridgehead atoms. The molecule has 1 fully saturated rings. The molecule has 1 aromatic carbocycles. The highest BCUT2D eigenvalue weighted by atomic mass is 32.2. The number of carboxylic acids is 1. The number of fused-ring (bicyclic) bond motifs is 1. The molecule has 1 atom stereocenters. The normalized spacial score (nSPS) is 15.2. The first-order chi connectivity index (χ1) is 18.4. The second kappa shape index (κ2) is 11.0. The summed E-state index contributed by atoms with van der Waals surface area (Å²) in [7, 11) is -2.25. The lowest BCUT2D eigenvalue weighted by Crippen LogP contribution is -2.35. The molecular weight excluding hydrogens is 522 g/mol. The number of furan rings is 1. The van der Waals surface area contributed by atoms with Gasteiger partial charge in [-0.1, -0.05) is 29.8 Å². The van der Waals surface area contributed by atoms with E-state index >= 15 is 0 Å². The monoisotopic (exact) mass is 557 g/mol. The predicted octanol–water partition coefficient (Wildman–Crippen LogP) is 4.06. The number of aliphatic hydroxyl groups excluding tert-OH is 1. The van der Waals surface area contributed by atoms with Crippen LogP contribution in [-0.2, 0) is 14.8 Å². The van der Waals surface area contributed by atoms with Gasteiger partial charge in [0, 0.05) is 25.8 Å². The van der Waals surface area contributed by atoms with Gasteiger partial charge in [0.2, 0.25) is 15.7 Å². The molecule has 1 saturated carbocycles. The molecule has 4 rings (SSSR count). The van der Waals surface area contributed by atoms with E-state index in [2.05, 4.69) is 10.3 Å². The van der Waals surface area contributed by atoms with Crippen LogP contribution in [0.15, 0.2) is 34.7 Å². The van der Waals surface area contributed by atoms with Gasteiger partial charge < -0.3 is 19.9 Å². The Labute approximate surface area is 228 Å². The van der Waals surface area contributed by atoms with Crippen molar-refractivity contribution in [2.75, 3.05) is 30.8 Å². The fourth-order valence-electron chi connectivity index (χ4n) is 4.81. The van der Waals surface area contributed by atoms with Crippen LogP contribution in [0.5, 0.6) is 0 Å². The highest BCUT2D eigenvalue weighted by molar-refractivity contribution is 7.92. The molecule has 3 aromatic rings. The number of amides is 1. The van der Waals surface area contributed by atoms with Crippen LogP contribution >= 0.6 is 0 Å². The number of aryl methyl sites for hydroxylation is 1. The third-order valence-electron chi connectivity index (χ3n) is 7.38. The third-order valence-corrected chi connectivity index (χ3v) is 8.54. The van der Waals surface area contributed by atoms with Crippen LogP contribution < -0.4 is 9.62 Å². The number of carbonyl (C=O) groups excluding carboxylic acids is 1. The average molecular weight is 558 g/mol. The Kier molecular flexibility index (Phi) is 8.04. The number of hydrogen-bond acceptors (Lipinski definition) is 7. The summed E-state index contributed by atoms with van der Waals surface area (Å²) in [6, 6.07) is 9.36. The van der Waals surface area contributed by atoms with E-state index in [9.17, 15) is 28.2 Å². The van der Waals surface area contributed by atoms with Crippen LogP contribution in [0.3, 0.4) is 0 Å². The minimum atomic E-state index is -3.79. The lowest BCUT2D eigenvalue weighted by atomic mass is 9.82. The van der Waals surface area contributed by atoms with Gasteiger partial charge in [-0.05, 0) is 63.5 Å². The molecule has 0 radical (unpaired) electrons. The van der Waals surface area contributed by atoms with E-state index in [0.29, 0.717) is 27.8 Å². The van der Waals surface area contributed by atoms with Crippen molar-refractivity contribution in [2.45, 2.75) is 51.9 Å². The summed E-state index contributed by atoms with van der Waals surface area (Å²) < 4.78 is 33.3. The van der Waals surface area contributed by atoms with E-state index in [-0.39, 0.29) is 55.8 Å². The number of nitrogens with one attached hydrogen (secondary N) is 1. The van der Waals surface area contributed by atoms with Gasteiger partial charge in [-0.3, -0.25) is 13.9 Å². The van der Waals surface area contributed by atoms with E-state index in [4.69, 9.17) is 4.42 Å². The van der Waals surface area contributed by atoms with Crippen molar-refractivity contribution in [1.29, 1.82) is 0 Å². The van der Waals surface area contributed by atoms with E-state index in [1.54, 1.807) is 6.92 Å². The number of aliphatic hydroxyl groups is 1. The summed E-state index contributed by atoms with van der Waals surface area (Å²) in [6.07, 6.45) is 3.31. The minimum Gasteiger partial charge on any atom is -0.481 e. The van der Waals surface area contributed by atoms with Gasteiger partial charge in [-0.25, -0.2) is 8.42 Å². The van der Waals surface area contributed by atoms with Crippen LogP contribution in [0.4, 0.5) is 5.82 Å². The molecule has 1 aliphatic rings. The van der Waals surface area contributed by atoms with Crippen molar-refractivity contribution in [1.82, 2.24) is 10.3 Å². The van der Waals surface area contributed by atoms with E-state index < -0.39 is 21.4 Å². The number of anilines is 1. The first-order valence-electron chi connectivity index (χ1n) is 13.0. The largest absolute Gasteiger partial charge is 0.481 e.